The average molecular weight is 399 g/mol. The number of benzene rings is 1. The van der Waals surface area contributed by atoms with Crippen molar-refractivity contribution in [3.05, 3.63) is 40.4 Å². The van der Waals surface area contributed by atoms with Crippen LogP contribution >= 0.6 is 0 Å². The van der Waals surface area contributed by atoms with Crippen LogP contribution in [0.3, 0.4) is 0 Å². The van der Waals surface area contributed by atoms with E-state index in [9.17, 15) is 9.59 Å². The lowest BCUT2D eigenvalue weighted by Crippen LogP contribution is -2.53. The molecule has 0 spiro atoms. The number of amides is 1. The number of nitrogens with two attached hydrogens (primary N) is 1. The van der Waals surface area contributed by atoms with Crippen LogP contribution in [0.4, 0.5) is 0 Å². The molecule has 1 aromatic carbocycles. The summed E-state index contributed by atoms with van der Waals surface area (Å²) < 4.78 is 5.78. The summed E-state index contributed by atoms with van der Waals surface area (Å²) in [7, 11) is 1.87. The molecule has 0 radical (unpaired) electrons. The number of nitrogens with zero attached hydrogens (tertiary/aromatic N) is 3. The van der Waals surface area contributed by atoms with E-state index in [0.29, 0.717) is 43.0 Å². The van der Waals surface area contributed by atoms with E-state index in [-0.39, 0.29) is 23.6 Å². The van der Waals surface area contributed by atoms with Gasteiger partial charge in [-0.25, -0.2) is 4.98 Å². The van der Waals surface area contributed by atoms with Crippen molar-refractivity contribution in [3.8, 4) is 0 Å². The van der Waals surface area contributed by atoms with E-state index >= 15 is 0 Å². The molecule has 2 fully saturated rings. The quantitative estimate of drug-likeness (QED) is 0.790. The number of carbonyl (C=O) groups excluding carboxylic acids is 1. The van der Waals surface area contributed by atoms with Gasteiger partial charge in [0.2, 0.25) is 0 Å². The number of hydrogen-bond acceptors (Lipinski definition) is 6. The normalized spacial score (nSPS) is 25.8. The molecule has 1 saturated heterocycles. The second-order valence-electron chi connectivity index (χ2n) is 8.14. The summed E-state index contributed by atoms with van der Waals surface area (Å²) >= 11 is 0. The number of para-hydroxylation sites is 1. The SMILES string of the molecule is CN(C(=O)[C@H]1CN(Cc2nc3ccccc3c(=O)[nH]2)CCO1)C1CCC(N)CC1. The maximum Gasteiger partial charge on any atom is 0.258 e. The van der Waals surface area contributed by atoms with Gasteiger partial charge in [0, 0.05) is 32.2 Å². The van der Waals surface area contributed by atoms with E-state index in [1.165, 1.54) is 0 Å². The van der Waals surface area contributed by atoms with Crippen molar-refractivity contribution in [1.29, 1.82) is 0 Å². The summed E-state index contributed by atoms with van der Waals surface area (Å²) in [5.74, 6) is 0.631. The number of aromatic nitrogens is 2. The van der Waals surface area contributed by atoms with Crippen LogP contribution in [-0.4, -0.2) is 70.6 Å². The lowest BCUT2D eigenvalue weighted by molar-refractivity contribution is -0.151. The van der Waals surface area contributed by atoms with Gasteiger partial charge in [0.15, 0.2) is 0 Å². The van der Waals surface area contributed by atoms with Crippen LogP contribution in [-0.2, 0) is 16.1 Å². The Kier molecular flexibility index (Phi) is 5.94. The van der Waals surface area contributed by atoms with Gasteiger partial charge in [-0.2, -0.15) is 0 Å². The third-order valence-corrected chi connectivity index (χ3v) is 6.10. The maximum atomic E-state index is 13.0. The van der Waals surface area contributed by atoms with E-state index in [1.807, 2.05) is 30.1 Å². The number of aromatic amines is 1. The lowest BCUT2D eigenvalue weighted by atomic mass is 9.91. The number of fused-ring (bicyclic) bond motifs is 1. The average Bonchev–Trinajstić information content (AvgIpc) is 2.73. The molecule has 0 unspecified atom stereocenters. The Labute approximate surface area is 170 Å². The number of likely N-dealkylation sites (N-methyl/N-ethyl adjacent to an activating group) is 1. The Balaban J connectivity index is 1.40. The highest BCUT2D eigenvalue weighted by Gasteiger charge is 2.33. The van der Waals surface area contributed by atoms with Crippen molar-refractivity contribution in [2.24, 2.45) is 5.73 Å². The highest BCUT2D eigenvalue weighted by Crippen LogP contribution is 2.22. The molecule has 0 bridgehead atoms. The van der Waals surface area contributed by atoms with Crippen LogP contribution in [0.15, 0.2) is 29.1 Å². The molecule has 1 aliphatic carbocycles. The molecule has 1 saturated carbocycles. The van der Waals surface area contributed by atoms with Crippen molar-refractivity contribution in [1.82, 2.24) is 19.8 Å². The van der Waals surface area contributed by atoms with Crippen LogP contribution in [0, 0.1) is 0 Å². The van der Waals surface area contributed by atoms with Crippen molar-refractivity contribution in [3.63, 3.8) is 0 Å². The summed E-state index contributed by atoms with van der Waals surface area (Å²) in [5, 5.41) is 0.583. The van der Waals surface area contributed by atoms with Gasteiger partial charge in [0.25, 0.3) is 11.5 Å². The van der Waals surface area contributed by atoms with Crippen LogP contribution in [0.1, 0.15) is 31.5 Å². The van der Waals surface area contributed by atoms with Gasteiger partial charge in [0.1, 0.15) is 11.9 Å². The molecule has 1 atom stereocenters. The number of rotatable bonds is 4. The van der Waals surface area contributed by atoms with E-state index in [1.54, 1.807) is 6.07 Å². The Bertz CT molecular complexity index is 922. The minimum Gasteiger partial charge on any atom is -0.366 e. The Morgan fingerprint density at radius 2 is 2.07 bits per heavy atom. The number of hydrogen-bond donors (Lipinski definition) is 2. The lowest BCUT2D eigenvalue weighted by Gasteiger charge is -2.38. The van der Waals surface area contributed by atoms with Crippen LogP contribution in [0.5, 0.6) is 0 Å². The first kappa shape index (κ1) is 20.0. The first-order chi connectivity index (χ1) is 14.0. The molecule has 2 aliphatic rings. The molecule has 1 aliphatic heterocycles. The minimum atomic E-state index is -0.489. The summed E-state index contributed by atoms with van der Waals surface area (Å²) in [6.45, 7) is 2.15. The Hall–Kier alpha value is -2.29. The smallest absolute Gasteiger partial charge is 0.258 e. The zero-order chi connectivity index (χ0) is 20.4. The summed E-state index contributed by atoms with van der Waals surface area (Å²) in [6.07, 6.45) is 3.32. The topological polar surface area (TPSA) is 105 Å². The number of ether oxygens (including phenoxy) is 1. The zero-order valence-corrected chi connectivity index (χ0v) is 16.8. The molecule has 4 rings (SSSR count). The molecule has 8 nitrogen and oxygen atoms in total. The third-order valence-electron chi connectivity index (χ3n) is 6.10. The number of nitrogens with one attached hydrogen (secondary N) is 1. The van der Waals surface area contributed by atoms with Gasteiger partial charge in [0.05, 0.1) is 24.1 Å². The number of carbonyl (C=O) groups is 1. The van der Waals surface area contributed by atoms with Crippen molar-refractivity contribution in [2.45, 2.75) is 50.4 Å². The monoisotopic (exact) mass is 399 g/mol. The van der Waals surface area contributed by atoms with Crippen molar-refractivity contribution in [2.75, 3.05) is 26.7 Å². The highest BCUT2D eigenvalue weighted by molar-refractivity contribution is 5.81. The molecular formula is C21H29N5O3. The first-order valence-electron chi connectivity index (χ1n) is 10.4. The predicted molar refractivity (Wildman–Crippen MR) is 110 cm³/mol. The van der Waals surface area contributed by atoms with Gasteiger partial charge < -0.3 is 20.4 Å². The van der Waals surface area contributed by atoms with Gasteiger partial charge in [-0.15, -0.1) is 0 Å². The maximum absolute atomic E-state index is 13.0. The van der Waals surface area contributed by atoms with Crippen LogP contribution < -0.4 is 11.3 Å². The molecule has 1 aromatic heterocycles. The van der Waals surface area contributed by atoms with E-state index in [0.717, 1.165) is 25.7 Å². The van der Waals surface area contributed by atoms with E-state index in [4.69, 9.17) is 10.5 Å². The summed E-state index contributed by atoms with van der Waals surface area (Å²) in [4.78, 5) is 36.7. The third kappa shape index (κ3) is 4.49. The molecule has 8 heteroatoms. The number of morpholine rings is 1. The van der Waals surface area contributed by atoms with Gasteiger partial charge >= 0.3 is 0 Å². The standard InChI is InChI=1S/C21H29N5O3/c1-25(15-8-6-14(22)7-9-15)21(28)18-12-26(10-11-29-18)13-19-23-17-5-3-2-4-16(17)20(27)24-19/h2-5,14-15,18H,6-13,22H2,1H3,(H,23,24,27)/t14?,15?,18-/m1/s1. The molecular weight excluding hydrogens is 370 g/mol. The molecule has 1 amide bonds. The largest absolute Gasteiger partial charge is 0.366 e. The molecule has 29 heavy (non-hydrogen) atoms. The Morgan fingerprint density at radius 1 is 1.31 bits per heavy atom. The van der Waals surface area contributed by atoms with Crippen molar-refractivity contribution < 1.29 is 9.53 Å². The van der Waals surface area contributed by atoms with Gasteiger partial charge in [-0.3, -0.25) is 14.5 Å². The van der Waals surface area contributed by atoms with Crippen LogP contribution in [0.25, 0.3) is 10.9 Å². The molecule has 2 aromatic rings. The molecule has 156 valence electrons. The van der Waals surface area contributed by atoms with E-state index < -0.39 is 6.10 Å². The summed E-state index contributed by atoms with van der Waals surface area (Å²) in [6, 6.07) is 7.80. The van der Waals surface area contributed by atoms with Crippen LogP contribution in [0.2, 0.25) is 0 Å². The second kappa shape index (κ2) is 8.61. The van der Waals surface area contributed by atoms with Crippen molar-refractivity contribution >= 4 is 16.8 Å². The Morgan fingerprint density at radius 3 is 2.86 bits per heavy atom. The molecule has 3 N–H and O–H groups in total. The predicted octanol–water partition coefficient (Wildman–Crippen LogP) is 0.852. The highest BCUT2D eigenvalue weighted by atomic mass is 16.5. The first-order valence-corrected chi connectivity index (χ1v) is 10.4. The van der Waals surface area contributed by atoms with E-state index in [2.05, 4.69) is 14.9 Å². The number of H-pyrrole nitrogens is 1. The fourth-order valence-corrected chi connectivity index (χ4v) is 4.31. The van der Waals surface area contributed by atoms with Gasteiger partial charge in [-0.05, 0) is 37.8 Å². The fraction of sp³-hybridized carbons (Fsp3) is 0.571. The zero-order valence-electron chi connectivity index (χ0n) is 16.8. The second-order valence-corrected chi connectivity index (χ2v) is 8.14. The molecule has 2 heterocycles. The minimum absolute atomic E-state index is 0.0233. The summed E-state index contributed by atoms with van der Waals surface area (Å²) in [5.41, 5.74) is 6.53. The fourth-order valence-electron chi connectivity index (χ4n) is 4.31. The van der Waals surface area contributed by atoms with Gasteiger partial charge in [-0.1, -0.05) is 12.1 Å².